The SMILES string of the molecule is CNC(=O)CCn1cc(I)cn1. The molecule has 0 atom stereocenters. The summed E-state index contributed by atoms with van der Waals surface area (Å²) in [6.45, 7) is 0.642. The molecule has 0 aliphatic heterocycles. The molecule has 0 radical (unpaired) electrons. The molecule has 0 bridgehead atoms. The lowest BCUT2D eigenvalue weighted by Crippen LogP contribution is -2.19. The Bertz CT molecular complexity index is 271. The zero-order valence-corrected chi connectivity index (χ0v) is 8.91. The highest BCUT2D eigenvalue weighted by atomic mass is 127. The number of aryl methyl sites for hydroxylation is 1. The molecule has 0 saturated carbocycles. The zero-order chi connectivity index (χ0) is 8.97. The van der Waals surface area contributed by atoms with Crippen molar-refractivity contribution in [1.82, 2.24) is 15.1 Å². The van der Waals surface area contributed by atoms with E-state index in [1.54, 1.807) is 17.9 Å². The molecule has 0 aliphatic rings. The van der Waals surface area contributed by atoms with E-state index in [2.05, 4.69) is 33.0 Å². The van der Waals surface area contributed by atoms with E-state index in [0.29, 0.717) is 13.0 Å². The Morgan fingerprint density at radius 3 is 3.08 bits per heavy atom. The maximum absolute atomic E-state index is 10.8. The second kappa shape index (κ2) is 4.44. The van der Waals surface area contributed by atoms with Crippen LogP contribution in [0.15, 0.2) is 12.4 Å². The van der Waals surface area contributed by atoms with Crippen LogP contribution in [0.2, 0.25) is 0 Å². The van der Waals surface area contributed by atoms with Gasteiger partial charge in [0.15, 0.2) is 0 Å². The van der Waals surface area contributed by atoms with Crippen LogP contribution < -0.4 is 5.32 Å². The summed E-state index contributed by atoms with van der Waals surface area (Å²) in [7, 11) is 1.63. The molecule has 0 saturated heterocycles. The molecule has 0 aliphatic carbocycles. The van der Waals surface area contributed by atoms with Gasteiger partial charge in [-0.3, -0.25) is 9.48 Å². The van der Waals surface area contributed by atoms with Gasteiger partial charge < -0.3 is 5.32 Å². The highest BCUT2D eigenvalue weighted by Gasteiger charge is 1.99. The fraction of sp³-hybridized carbons (Fsp3) is 0.429. The summed E-state index contributed by atoms with van der Waals surface area (Å²) in [4.78, 5) is 10.8. The van der Waals surface area contributed by atoms with Crippen molar-refractivity contribution < 1.29 is 4.79 Å². The van der Waals surface area contributed by atoms with Crippen LogP contribution in [0.4, 0.5) is 0 Å². The summed E-state index contributed by atoms with van der Waals surface area (Å²) in [5.74, 6) is 0.0421. The Morgan fingerprint density at radius 2 is 2.58 bits per heavy atom. The first kappa shape index (κ1) is 9.50. The predicted molar refractivity (Wildman–Crippen MR) is 53.6 cm³/mol. The Labute approximate surface area is 84.5 Å². The molecule has 0 spiro atoms. The second-order valence-electron chi connectivity index (χ2n) is 2.34. The van der Waals surface area contributed by atoms with Crippen molar-refractivity contribution in [3.8, 4) is 0 Å². The number of carbonyl (C=O) groups excluding carboxylic acids is 1. The van der Waals surface area contributed by atoms with Crippen LogP contribution in [0.1, 0.15) is 6.42 Å². The fourth-order valence-corrected chi connectivity index (χ4v) is 1.25. The van der Waals surface area contributed by atoms with Gasteiger partial charge in [-0.15, -0.1) is 0 Å². The second-order valence-corrected chi connectivity index (χ2v) is 3.59. The maximum Gasteiger partial charge on any atom is 0.221 e. The third-order valence-corrected chi connectivity index (χ3v) is 2.01. The fourth-order valence-electron chi connectivity index (χ4n) is 0.802. The van der Waals surface area contributed by atoms with Crippen molar-refractivity contribution in [3.63, 3.8) is 0 Å². The number of hydrogen-bond acceptors (Lipinski definition) is 2. The minimum absolute atomic E-state index is 0.0421. The quantitative estimate of drug-likeness (QED) is 0.825. The van der Waals surface area contributed by atoms with E-state index < -0.39 is 0 Å². The van der Waals surface area contributed by atoms with E-state index in [4.69, 9.17) is 0 Å². The van der Waals surface area contributed by atoms with E-state index in [1.165, 1.54) is 0 Å². The highest BCUT2D eigenvalue weighted by Crippen LogP contribution is 2.01. The van der Waals surface area contributed by atoms with Gasteiger partial charge in [-0.2, -0.15) is 5.10 Å². The van der Waals surface area contributed by atoms with Gasteiger partial charge in [0.1, 0.15) is 0 Å². The molecule has 1 rings (SSSR count). The maximum atomic E-state index is 10.8. The lowest BCUT2D eigenvalue weighted by atomic mass is 10.4. The number of rotatable bonds is 3. The van der Waals surface area contributed by atoms with E-state index >= 15 is 0 Å². The minimum Gasteiger partial charge on any atom is -0.359 e. The van der Waals surface area contributed by atoms with Gasteiger partial charge in [0.05, 0.1) is 9.77 Å². The van der Waals surface area contributed by atoms with Gasteiger partial charge in [-0.1, -0.05) is 0 Å². The van der Waals surface area contributed by atoms with Gasteiger partial charge in [-0.25, -0.2) is 0 Å². The molecule has 1 N–H and O–H groups in total. The summed E-state index contributed by atoms with van der Waals surface area (Å²) < 4.78 is 2.85. The molecule has 1 aromatic heterocycles. The molecule has 66 valence electrons. The van der Waals surface area contributed by atoms with Crippen LogP contribution in [-0.2, 0) is 11.3 Å². The van der Waals surface area contributed by atoms with Crippen LogP contribution in [0.5, 0.6) is 0 Å². The topological polar surface area (TPSA) is 46.9 Å². The van der Waals surface area contributed by atoms with Crippen LogP contribution in [0.3, 0.4) is 0 Å². The van der Waals surface area contributed by atoms with E-state index in [0.717, 1.165) is 3.57 Å². The molecule has 1 heterocycles. The summed E-state index contributed by atoms with van der Waals surface area (Å²) in [5, 5.41) is 6.61. The Kier molecular flexibility index (Phi) is 3.51. The van der Waals surface area contributed by atoms with Gasteiger partial charge in [0, 0.05) is 26.2 Å². The summed E-state index contributed by atoms with van der Waals surface area (Å²) in [6.07, 6.45) is 4.15. The normalized spacial score (nSPS) is 9.83. The van der Waals surface area contributed by atoms with Gasteiger partial charge in [-0.05, 0) is 22.6 Å². The molecule has 12 heavy (non-hydrogen) atoms. The van der Waals surface area contributed by atoms with Crippen molar-refractivity contribution in [2.75, 3.05) is 7.05 Å². The van der Waals surface area contributed by atoms with Crippen molar-refractivity contribution in [1.29, 1.82) is 0 Å². The van der Waals surface area contributed by atoms with Crippen molar-refractivity contribution in [2.45, 2.75) is 13.0 Å². The van der Waals surface area contributed by atoms with Crippen LogP contribution >= 0.6 is 22.6 Å². The smallest absolute Gasteiger partial charge is 0.221 e. The average Bonchev–Trinajstić information content (AvgIpc) is 2.47. The third-order valence-electron chi connectivity index (χ3n) is 1.45. The minimum atomic E-state index is 0.0421. The first-order valence-electron chi connectivity index (χ1n) is 3.61. The molecule has 1 aromatic rings. The molecule has 4 nitrogen and oxygen atoms in total. The Balaban J connectivity index is 2.38. The standard InChI is InChI=1S/C7H10IN3O/c1-9-7(12)2-3-11-5-6(8)4-10-11/h4-5H,2-3H2,1H3,(H,9,12). The van der Waals surface area contributed by atoms with E-state index in [1.807, 2.05) is 6.20 Å². The predicted octanol–water partition coefficient (Wildman–Crippen LogP) is 0.624. The summed E-state index contributed by atoms with van der Waals surface area (Å²) in [6, 6.07) is 0. The third kappa shape index (κ3) is 2.80. The number of nitrogens with zero attached hydrogens (tertiary/aromatic N) is 2. The largest absolute Gasteiger partial charge is 0.359 e. The monoisotopic (exact) mass is 279 g/mol. The first-order chi connectivity index (χ1) is 5.72. The molecule has 0 fully saturated rings. The zero-order valence-electron chi connectivity index (χ0n) is 6.75. The molecular formula is C7H10IN3O. The number of halogens is 1. The van der Waals surface area contributed by atoms with Gasteiger partial charge in [0.25, 0.3) is 0 Å². The molecule has 1 amide bonds. The average molecular weight is 279 g/mol. The van der Waals surface area contributed by atoms with E-state index in [9.17, 15) is 4.79 Å². The van der Waals surface area contributed by atoms with Gasteiger partial charge >= 0.3 is 0 Å². The first-order valence-corrected chi connectivity index (χ1v) is 4.69. The number of carbonyl (C=O) groups is 1. The Hall–Kier alpha value is -0.590. The van der Waals surface area contributed by atoms with Crippen molar-refractivity contribution in [2.24, 2.45) is 0 Å². The number of nitrogens with one attached hydrogen (secondary N) is 1. The summed E-state index contributed by atoms with van der Waals surface area (Å²) >= 11 is 2.18. The van der Waals surface area contributed by atoms with Crippen molar-refractivity contribution in [3.05, 3.63) is 16.0 Å². The number of aromatic nitrogens is 2. The highest BCUT2D eigenvalue weighted by molar-refractivity contribution is 14.1. The molecule has 0 unspecified atom stereocenters. The number of amides is 1. The van der Waals surface area contributed by atoms with Gasteiger partial charge in [0.2, 0.25) is 5.91 Å². The molecule has 5 heteroatoms. The van der Waals surface area contributed by atoms with Crippen LogP contribution in [-0.4, -0.2) is 22.7 Å². The lowest BCUT2D eigenvalue weighted by molar-refractivity contribution is -0.120. The van der Waals surface area contributed by atoms with Crippen molar-refractivity contribution >= 4 is 28.5 Å². The molecular weight excluding hydrogens is 269 g/mol. The van der Waals surface area contributed by atoms with Crippen LogP contribution in [0, 0.1) is 3.57 Å². The van der Waals surface area contributed by atoms with Crippen LogP contribution in [0.25, 0.3) is 0 Å². The Morgan fingerprint density at radius 1 is 1.83 bits per heavy atom. The summed E-state index contributed by atoms with van der Waals surface area (Å²) in [5.41, 5.74) is 0. The lowest BCUT2D eigenvalue weighted by Gasteiger charge is -1.99. The molecule has 0 aromatic carbocycles. The van der Waals surface area contributed by atoms with E-state index in [-0.39, 0.29) is 5.91 Å². The number of hydrogen-bond donors (Lipinski definition) is 1.